The zero-order valence-corrected chi connectivity index (χ0v) is 12.6. The van der Waals surface area contributed by atoms with Gasteiger partial charge >= 0.3 is 0 Å². The number of imidazole rings is 1. The van der Waals surface area contributed by atoms with Gasteiger partial charge in [0.05, 0.1) is 10.9 Å². The zero-order chi connectivity index (χ0) is 16.8. The van der Waals surface area contributed by atoms with E-state index in [1.54, 1.807) is 12.3 Å². The molecule has 0 aliphatic carbocycles. The maximum atomic E-state index is 15.2. The largest absolute Gasteiger partial charge is 0.335 e. The molecule has 0 spiro atoms. The summed E-state index contributed by atoms with van der Waals surface area (Å²) in [4.78, 5) is 23.8. The Balaban J connectivity index is 1.77. The van der Waals surface area contributed by atoms with Gasteiger partial charge in [-0.25, -0.2) is 29.3 Å². The van der Waals surface area contributed by atoms with E-state index in [4.69, 9.17) is 0 Å². The number of H-pyrrole nitrogens is 2. The van der Waals surface area contributed by atoms with Crippen LogP contribution in [0.15, 0.2) is 43.2 Å². The number of hydrogen-bond acceptors (Lipinski definition) is 6. The predicted molar refractivity (Wildman–Crippen MR) is 87.8 cm³/mol. The van der Waals surface area contributed by atoms with Gasteiger partial charge in [0.1, 0.15) is 17.8 Å². The van der Waals surface area contributed by atoms with Gasteiger partial charge in [0.25, 0.3) is 0 Å². The van der Waals surface area contributed by atoms with Crippen LogP contribution in [0.25, 0.3) is 44.8 Å². The number of rotatable bonds is 2. The summed E-state index contributed by atoms with van der Waals surface area (Å²) in [6.45, 7) is 0. The Morgan fingerprint density at radius 1 is 1.00 bits per heavy atom. The first-order valence-corrected chi connectivity index (χ1v) is 7.40. The van der Waals surface area contributed by atoms with E-state index in [0.29, 0.717) is 28.3 Å². The summed E-state index contributed by atoms with van der Waals surface area (Å²) < 4.78 is 15.2. The second kappa shape index (κ2) is 5.13. The molecule has 5 heterocycles. The van der Waals surface area contributed by atoms with E-state index in [1.165, 1.54) is 24.9 Å². The van der Waals surface area contributed by atoms with E-state index in [-0.39, 0.29) is 11.0 Å². The van der Waals surface area contributed by atoms with Crippen LogP contribution >= 0.6 is 0 Å². The van der Waals surface area contributed by atoms with E-state index >= 15 is 4.39 Å². The SMILES string of the molecule is Fc1c(-c2cncnc2)cnc2n[nH]c(-c3nc4ncccc4[nH]3)c12. The Hall–Kier alpha value is -3.75. The standard InChI is InChI=1S/C16H9FN8/c17-12-9(8-4-18-7-19-5-8)6-21-15-11(12)13(24-25-15)16-22-10-2-1-3-20-14(10)23-16/h1-7H,(H,20,22,23)(H,21,24,25). The third-order valence-corrected chi connectivity index (χ3v) is 3.88. The smallest absolute Gasteiger partial charge is 0.184 e. The summed E-state index contributed by atoms with van der Waals surface area (Å²) in [6.07, 6.45) is 7.51. The molecule has 0 saturated heterocycles. The molecular formula is C16H9FN8. The topological polar surface area (TPSA) is 109 Å². The molecule has 5 rings (SSSR count). The van der Waals surface area contributed by atoms with Crippen molar-refractivity contribution in [3.8, 4) is 22.6 Å². The molecule has 8 nitrogen and oxygen atoms in total. The van der Waals surface area contributed by atoms with Crippen LogP contribution in [0.2, 0.25) is 0 Å². The number of nitrogens with one attached hydrogen (secondary N) is 2. The lowest BCUT2D eigenvalue weighted by Crippen LogP contribution is -1.91. The van der Waals surface area contributed by atoms with Gasteiger partial charge in [-0.15, -0.1) is 0 Å². The summed E-state index contributed by atoms with van der Waals surface area (Å²) in [6, 6.07) is 3.64. The first-order chi connectivity index (χ1) is 12.3. The Morgan fingerprint density at radius 2 is 1.88 bits per heavy atom. The molecule has 0 radical (unpaired) electrons. The lowest BCUT2D eigenvalue weighted by molar-refractivity contribution is 0.642. The number of aromatic amines is 2. The number of nitrogens with zero attached hydrogens (tertiary/aromatic N) is 6. The summed E-state index contributed by atoms with van der Waals surface area (Å²) in [5, 5.41) is 7.13. The van der Waals surface area contributed by atoms with Gasteiger partial charge in [-0.3, -0.25) is 5.10 Å². The summed E-state index contributed by atoms with van der Waals surface area (Å²) in [7, 11) is 0. The van der Waals surface area contributed by atoms with Gasteiger partial charge in [-0.1, -0.05) is 0 Å². The summed E-state index contributed by atoms with van der Waals surface area (Å²) >= 11 is 0. The van der Waals surface area contributed by atoms with Crippen LogP contribution in [0.3, 0.4) is 0 Å². The molecular weight excluding hydrogens is 323 g/mol. The van der Waals surface area contributed by atoms with Crippen molar-refractivity contribution in [2.24, 2.45) is 0 Å². The highest BCUT2D eigenvalue weighted by molar-refractivity contribution is 5.93. The quantitative estimate of drug-likeness (QED) is 0.514. The second-order valence-electron chi connectivity index (χ2n) is 5.37. The van der Waals surface area contributed by atoms with Crippen LogP contribution in [-0.4, -0.2) is 40.1 Å². The Kier molecular flexibility index (Phi) is 2.80. The van der Waals surface area contributed by atoms with Gasteiger partial charge in [0, 0.05) is 35.9 Å². The van der Waals surface area contributed by atoms with Crippen molar-refractivity contribution in [3.05, 3.63) is 49.1 Å². The summed E-state index contributed by atoms with van der Waals surface area (Å²) in [5.74, 6) is -0.0182. The minimum absolute atomic E-state index is 0.250. The minimum atomic E-state index is -0.461. The van der Waals surface area contributed by atoms with E-state index in [2.05, 4.69) is 40.1 Å². The van der Waals surface area contributed by atoms with Crippen molar-refractivity contribution >= 4 is 22.2 Å². The molecule has 5 aromatic heterocycles. The normalized spacial score (nSPS) is 11.4. The third kappa shape index (κ3) is 2.06. The molecule has 0 aromatic carbocycles. The average Bonchev–Trinajstić information content (AvgIpc) is 3.27. The van der Waals surface area contributed by atoms with Crippen molar-refractivity contribution in [1.82, 2.24) is 40.1 Å². The van der Waals surface area contributed by atoms with Gasteiger partial charge in [-0.2, -0.15) is 5.10 Å². The lowest BCUT2D eigenvalue weighted by Gasteiger charge is -2.03. The molecule has 0 amide bonds. The molecule has 0 fully saturated rings. The lowest BCUT2D eigenvalue weighted by atomic mass is 10.1. The molecule has 0 aliphatic heterocycles. The number of aromatic nitrogens is 8. The molecule has 2 N–H and O–H groups in total. The van der Waals surface area contributed by atoms with Crippen molar-refractivity contribution in [2.75, 3.05) is 0 Å². The fourth-order valence-electron chi connectivity index (χ4n) is 2.73. The number of fused-ring (bicyclic) bond motifs is 2. The Bertz CT molecular complexity index is 1180. The van der Waals surface area contributed by atoms with Crippen molar-refractivity contribution < 1.29 is 4.39 Å². The van der Waals surface area contributed by atoms with Crippen LogP contribution in [0.1, 0.15) is 0 Å². The van der Waals surface area contributed by atoms with E-state index in [1.807, 2.05) is 6.07 Å². The summed E-state index contributed by atoms with van der Waals surface area (Å²) in [5.41, 5.74) is 2.80. The Labute approximate surface area is 139 Å². The van der Waals surface area contributed by atoms with Crippen LogP contribution in [-0.2, 0) is 0 Å². The van der Waals surface area contributed by atoms with Gasteiger partial charge in [0.2, 0.25) is 0 Å². The highest BCUT2D eigenvalue weighted by Crippen LogP contribution is 2.31. The van der Waals surface area contributed by atoms with Crippen LogP contribution in [0, 0.1) is 5.82 Å². The number of halogens is 1. The number of hydrogen-bond donors (Lipinski definition) is 2. The zero-order valence-electron chi connectivity index (χ0n) is 12.6. The van der Waals surface area contributed by atoms with E-state index in [9.17, 15) is 0 Å². The van der Waals surface area contributed by atoms with Gasteiger partial charge < -0.3 is 4.98 Å². The first kappa shape index (κ1) is 13.7. The molecule has 0 aliphatic rings. The highest BCUT2D eigenvalue weighted by Gasteiger charge is 2.20. The van der Waals surface area contributed by atoms with Crippen LogP contribution in [0.4, 0.5) is 4.39 Å². The molecule has 0 saturated carbocycles. The van der Waals surface area contributed by atoms with Crippen LogP contribution < -0.4 is 0 Å². The van der Waals surface area contributed by atoms with Crippen molar-refractivity contribution in [1.29, 1.82) is 0 Å². The predicted octanol–water partition coefficient (Wildman–Crippen LogP) is 2.49. The fourth-order valence-corrected chi connectivity index (χ4v) is 2.73. The van der Waals surface area contributed by atoms with Crippen molar-refractivity contribution in [3.63, 3.8) is 0 Å². The molecule has 9 heteroatoms. The molecule has 25 heavy (non-hydrogen) atoms. The van der Waals surface area contributed by atoms with Crippen molar-refractivity contribution in [2.45, 2.75) is 0 Å². The van der Waals surface area contributed by atoms with Crippen LogP contribution in [0.5, 0.6) is 0 Å². The monoisotopic (exact) mass is 332 g/mol. The molecule has 0 atom stereocenters. The first-order valence-electron chi connectivity index (χ1n) is 7.40. The van der Waals surface area contributed by atoms with E-state index in [0.717, 1.165) is 5.52 Å². The van der Waals surface area contributed by atoms with Gasteiger partial charge in [-0.05, 0) is 12.1 Å². The maximum absolute atomic E-state index is 15.2. The number of pyridine rings is 2. The second-order valence-corrected chi connectivity index (χ2v) is 5.37. The molecule has 0 bridgehead atoms. The molecule has 120 valence electrons. The van der Waals surface area contributed by atoms with Gasteiger partial charge in [0.15, 0.2) is 17.1 Å². The maximum Gasteiger partial charge on any atom is 0.184 e. The highest BCUT2D eigenvalue weighted by atomic mass is 19.1. The third-order valence-electron chi connectivity index (χ3n) is 3.88. The molecule has 5 aromatic rings. The van der Waals surface area contributed by atoms with E-state index < -0.39 is 5.82 Å². The Morgan fingerprint density at radius 3 is 2.72 bits per heavy atom. The minimum Gasteiger partial charge on any atom is -0.335 e. The fraction of sp³-hybridized carbons (Fsp3) is 0. The molecule has 0 unspecified atom stereocenters. The average molecular weight is 332 g/mol.